The Labute approximate surface area is 124 Å². The van der Waals surface area contributed by atoms with E-state index in [2.05, 4.69) is 36.3 Å². The fourth-order valence-electron chi connectivity index (χ4n) is 2.85. The second-order valence-electron chi connectivity index (χ2n) is 6.14. The lowest BCUT2D eigenvalue weighted by Crippen LogP contribution is -3.06. The molecule has 0 radical (unpaired) electrons. The van der Waals surface area contributed by atoms with Crippen LogP contribution in [0.5, 0.6) is 0 Å². The predicted octanol–water partition coefficient (Wildman–Crippen LogP) is 1.37. The van der Waals surface area contributed by atoms with Crippen molar-refractivity contribution in [3.05, 3.63) is 16.8 Å². The van der Waals surface area contributed by atoms with Gasteiger partial charge >= 0.3 is 0 Å². The molecule has 2 aromatic rings. The average molecular weight is 291 g/mol. The minimum absolute atomic E-state index is 0.777. The molecule has 0 bridgehead atoms. The first-order chi connectivity index (χ1) is 9.65. The quantitative estimate of drug-likeness (QED) is 0.894. The number of likely N-dealkylation sites (N-methyl/N-ethyl adjacent to an activating group) is 1. The smallest absolute Gasteiger partial charge is 0.138 e. The number of fused-ring (bicyclic) bond motifs is 3. The third-order valence-electron chi connectivity index (χ3n) is 4.00. The molecule has 2 aromatic heterocycles. The fraction of sp³-hybridized carbons (Fsp3) is 0.600. The van der Waals surface area contributed by atoms with Crippen LogP contribution < -0.4 is 10.2 Å². The van der Waals surface area contributed by atoms with E-state index in [1.807, 2.05) is 11.3 Å². The average Bonchev–Trinajstić information content (AvgIpc) is 2.77. The second-order valence-corrected chi connectivity index (χ2v) is 7.22. The molecule has 20 heavy (non-hydrogen) atoms. The lowest BCUT2D eigenvalue weighted by molar-refractivity contribution is -0.856. The fourth-order valence-corrected chi connectivity index (χ4v) is 4.03. The first kappa shape index (κ1) is 13.8. The summed E-state index contributed by atoms with van der Waals surface area (Å²) in [4.78, 5) is 13.1. The number of thiophene rings is 1. The van der Waals surface area contributed by atoms with Crippen molar-refractivity contribution in [2.45, 2.75) is 26.2 Å². The number of anilines is 1. The second kappa shape index (κ2) is 5.66. The highest BCUT2D eigenvalue weighted by Crippen LogP contribution is 2.39. The number of rotatable bonds is 4. The number of nitrogens with zero attached hydrogens (tertiary/aromatic N) is 2. The summed E-state index contributed by atoms with van der Waals surface area (Å²) in [5.74, 6) is 1.81. The highest BCUT2D eigenvalue weighted by atomic mass is 32.1. The van der Waals surface area contributed by atoms with Crippen molar-refractivity contribution in [3.63, 3.8) is 0 Å². The highest BCUT2D eigenvalue weighted by molar-refractivity contribution is 7.19. The molecule has 5 heteroatoms. The molecular weight excluding hydrogens is 268 g/mol. The van der Waals surface area contributed by atoms with Crippen LogP contribution in [0.1, 0.15) is 23.8 Å². The predicted molar refractivity (Wildman–Crippen MR) is 84.8 cm³/mol. The van der Waals surface area contributed by atoms with Gasteiger partial charge < -0.3 is 10.2 Å². The van der Waals surface area contributed by atoms with Crippen molar-refractivity contribution >= 4 is 27.4 Å². The Bertz CT molecular complexity index is 605. The molecule has 1 atom stereocenters. The first-order valence-electron chi connectivity index (χ1n) is 7.43. The molecule has 0 spiro atoms. The summed E-state index contributed by atoms with van der Waals surface area (Å²) in [6.07, 6.45) is 5.38. The lowest BCUT2D eigenvalue weighted by atomic mass is 9.88. The van der Waals surface area contributed by atoms with Gasteiger partial charge in [0.1, 0.15) is 17.0 Å². The van der Waals surface area contributed by atoms with Gasteiger partial charge in [-0.2, -0.15) is 0 Å². The van der Waals surface area contributed by atoms with Crippen LogP contribution in [0.3, 0.4) is 0 Å². The maximum absolute atomic E-state index is 4.48. The minimum Gasteiger partial charge on any atom is -0.364 e. The van der Waals surface area contributed by atoms with Gasteiger partial charge in [-0.25, -0.2) is 9.97 Å². The molecule has 0 fully saturated rings. The SMILES string of the molecule is CC1CCc2sc3ncnc(NCC[NH+](C)C)c3c2C1. The minimum atomic E-state index is 0.777. The Balaban J connectivity index is 1.94. The summed E-state index contributed by atoms with van der Waals surface area (Å²) in [7, 11) is 4.34. The van der Waals surface area contributed by atoms with E-state index in [0.29, 0.717) is 0 Å². The van der Waals surface area contributed by atoms with Gasteiger partial charge in [0.15, 0.2) is 0 Å². The zero-order valence-electron chi connectivity index (χ0n) is 12.5. The van der Waals surface area contributed by atoms with Crippen LogP contribution in [0.15, 0.2) is 6.33 Å². The number of aromatic nitrogens is 2. The summed E-state index contributed by atoms with van der Waals surface area (Å²) in [6, 6.07) is 0. The summed E-state index contributed by atoms with van der Waals surface area (Å²) in [6.45, 7) is 4.39. The molecule has 0 saturated heterocycles. The molecule has 1 unspecified atom stereocenters. The summed E-state index contributed by atoms with van der Waals surface area (Å²) < 4.78 is 0. The van der Waals surface area contributed by atoms with Crippen molar-refractivity contribution in [2.75, 3.05) is 32.5 Å². The van der Waals surface area contributed by atoms with Crippen molar-refractivity contribution in [1.82, 2.24) is 9.97 Å². The number of hydrogen-bond acceptors (Lipinski definition) is 4. The van der Waals surface area contributed by atoms with Gasteiger partial charge in [0.05, 0.1) is 32.6 Å². The van der Waals surface area contributed by atoms with E-state index in [4.69, 9.17) is 0 Å². The van der Waals surface area contributed by atoms with Gasteiger partial charge in [0.25, 0.3) is 0 Å². The van der Waals surface area contributed by atoms with E-state index in [0.717, 1.165) is 29.7 Å². The molecule has 2 heterocycles. The van der Waals surface area contributed by atoms with Crippen LogP contribution in [-0.2, 0) is 12.8 Å². The normalized spacial score (nSPS) is 18.5. The number of quaternary nitrogens is 1. The number of hydrogen-bond donors (Lipinski definition) is 2. The Morgan fingerprint density at radius 3 is 3.05 bits per heavy atom. The molecule has 0 aromatic carbocycles. The molecular formula is C15H23N4S+. The molecule has 1 aliphatic rings. The van der Waals surface area contributed by atoms with E-state index < -0.39 is 0 Å². The lowest BCUT2D eigenvalue weighted by Gasteiger charge is -2.18. The van der Waals surface area contributed by atoms with Gasteiger partial charge in [-0.1, -0.05) is 6.92 Å². The van der Waals surface area contributed by atoms with Gasteiger partial charge in [0, 0.05) is 4.88 Å². The van der Waals surface area contributed by atoms with Crippen LogP contribution in [-0.4, -0.2) is 37.2 Å². The third kappa shape index (κ3) is 2.65. The Morgan fingerprint density at radius 1 is 1.40 bits per heavy atom. The maximum Gasteiger partial charge on any atom is 0.138 e. The summed E-state index contributed by atoms with van der Waals surface area (Å²) >= 11 is 1.86. The molecule has 3 rings (SSSR count). The molecule has 0 saturated carbocycles. The van der Waals surface area contributed by atoms with Gasteiger partial charge in [0.2, 0.25) is 0 Å². The summed E-state index contributed by atoms with van der Waals surface area (Å²) in [5.41, 5.74) is 1.50. The van der Waals surface area contributed by atoms with Crippen molar-refractivity contribution in [2.24, 2.45) is 5.92 Å². The van der Waals surface area contributed by atoms with Crippen molar-refractivity contribution in [1.29, 1.82) is 0 Å². The summed E-state index contributed by atoms with van der Waals surface area (Å²) in [5, 5.41) is 4.79. The van der Waals surface area contributed by atoms with Crippen LogP contribution in [0.4, 0.5) is 5.82 Å². The van der Waals surface area contributed by atoms with Crippen LogP contribution in [0, 0.1) is 5.92 Å². The van der Waals surface area contributed by atoms with Crippen LogP contribution >= 0.6 is 11.3 Å². The Morgan fingerprint density at radius 2 is 2.25 bits per heavy atom. The Hall–Kier alpha value is -1.20. The zero-order chi connectivity index (χ0) is 14.1. The van der Waals surface area contributed by atoms with E-state index >= 15 is 0 Å². The molecule has 2 N–H and O–H groups in total. The maximum atomic E-state index is 4.48. The van der Waals surface area contributed by atoms with Gasteiger partial charge in [-0.15, -0.1) is 11.3 Å². The molecule has 108 valence electrons. The van der Waals surface area contributed by atoms with Crippen molar-refractivity contribution in [3.8, 4) is 0 Å². The topological polar surface area (TPSA) is 42.2 Å². The van der Waals surface area contributed by atoms with E-state index in [-0.39, 0.29) is 0 Å². The monoisotopic (exact) mass is 291 g/mol. The van der Waals surface area contributed by atoms with E-state index in [1.165, 1.54) is 40.0 Å². The molecule has 0 aliphatic heterocycles. The standard InChI is InChI=1S/C15H22N4S/c1-10-4-5-12-11(8-10)13-14(16-6-7-19(2)3)17-9-18-15(13)20-12/h9-10H,4-8H2,1-3H3,(H,16,17,18)/p+1. The molecule has 4 nitrogen and oxygen atoms in total. The number of nitrogens with one attached hydrogen (secondary N) is 2. The largest absolute Gasteiger partial charge is 0.364 e. The third-order valence-corrected chi connectivity index (χ3v) is 5.20. The zero-order valence-corrected chi connectivity index (χ0v) is 13.3. The van der Waals surface area contributed by atoms with E-state index in [9.17, 15) is 0 Å². The van der Waals surface area contributed by atoms with Gasteiger partial charge in [-0.3, -0.25) is 0 Å². The first-order valence-corrected chi connectivity index (χ1v) is 8.25. The van der Waals surface area contributed by atoms with Crippen LogP contribution in [0.2, 0.25) is 0 Å². The molecule has 0 amide bonds. The van der Waals surface area contributed by atoms with Crippen molar-refractivity contribution < 1.29 is 4.90 Å². The highest BCUT2D eigenvalue weighted by Gasteiger charge is 2.23. The van der Waals surface area contributed by atoms with E-state index in [1.54, 1.807) is 6.33 Å². The Kier molecular flexibility index (Phi) is 3.89. The number of aryl methyl sites for hydroxylation is 1. The van der Waals surface area contributed by atoms with Gasteiger partial charge in [-0.05, 0) is 30.7 Å². The van der Waals surface area contributed by atoms with Crippen LogP contribution in [0.25, 0.3) is 10.2 Å². The molecule has 1 aliphatic carbocycles.